The average Bonchev–Trinajstić information content (AvgIpc) is 2.50. The molecular formula is C20H21NO. The molecule has 0 aliphatic heterocycles. The van der Waals surface area contributed by atoms with Gasteiger partial charge in [-0.25, -0.2) is 4.98 Å². The van der Waals surface area contributed by atoms with Gasteiger partial charge in [0, 0.05) is 16.5 Å². The second-order valence-electron chi connectivity index (χ2n) is 6.51. The molecule has 0 saturated carbocycles. The van der Waals surface area contributed by atoms with Gasteiger partial charge < -0.3 is 4.74 Å². The van der Waals surface area contributed by atoms with Gasteiger partial charge in [0.1, 0.15) is 11.4 Å². The maximum absolute atomic E-state index is 6.27. The molecule has 2 aromatic carbocycles. The number of pyridine rings is 1. The summed E-state index contributed by atoms with van der Waals surface area (Å²) in [4.78, 5) is 4.86. The molecule has 22 heavy (non-hydrogen) atoms. The van der Waals surface area contributed by atoms with Gasteiger partial charge in [0.15, 0.2) is 0 Å². The Labute approximate surface area is 131 Å². The largest absolute Gasteiger partial charge is 0.487 e. The van der Waals surface area contributed by atoms with E-state index < -0.39 is 0 Å². The fraction of sp³-hybridized carbons (Fsp3) is 0.250. The van der Waals surface area contributed by atoms with Crippen LogP contribution in [-0.4, -0.2) is 10.6 Å². The Morgan fingerprint density at radius 1 is 0.864 bits per heavy atom. The lowest BCUT2D eigenvalue weighted by Gasteiger charge is -2.25. The molecule has 1 heterocycles. The maximum atomic E-state index is 6.27. The highest BCUT2D eigenvalue weighted by Gasteiger charge is 2.19. The molecule has 0 spiro atoms. The third kappa shape index (κ3) is 2.82. The zero-order valence-corrected chi connectivity index (χ0v) is 13.6. The van der Waals surface area contributed by atoms with E-state index in [0.29, 0.717) is 0 Å². The molecule has 1 aromatic heterocycles. The Bertz CT molecular complexity index is 801. The van der Waals surface area contributed by atoms with Crippen molar-refractivity contribution in [2.45, 2.75) is 33.3 Å². The first-order valence-electron chi connectivity index (χ1n) is 7.59. The minimum Gasteiger partial charge on any atom is -0.487 e. The Morgan fingerprint density at radius 3 is 2.18 bits per heavy atom. The molecule has 0 aliphatic carbocycles. The van der Waals surface area contributed by atoms with Crippen LogP contribution in [0, 0.1) is 6.92 Å². The van der Waals surface area contributed by atoms with Crippen LogP contribution in [0.15, 0.2) is 54.6 Å². The summed E-state index contributed by atoms with van der Waals surface area (Å²) in [5, 5.41) is 1.06. The summed E-state index contributed by atoms with van der Waals surface area (Å²) in [5.74, 6) is 0.928. The highest BCUT2D eigenvalue weighted by Crippen LogP contribution is 2.36. The van der Waals surface area contributed by atoms with E-state index in [4.69, 9.17) is 9.72 Å². The third-order valence-corrected chi connectivity index (χ3v) is 3.53. The number of rotatable bonds is 2. The molecule has 0 unspecified atom stereocenters. The molecule has 0 N–H and O–H groups in total. The Kier molecular flexibility index (Phi) is 3.61. The first-order valence-corrected chi connectivity index (χ1v) is 7.59. The van der Waals surface area contributed by atoms with Gasteiger partial charge in [-0.05, 0) is 39.8 Å². The topological polar surface area (TPSA) is 22.1 Å². The molecule has 0 amide bonds. The molecule has 2 heteroatoms. The summed E-state index contributed by atoms with van der Waals surface area (Å²) in [5.41, 5.74) is 3.90. The lowest BCUT2D eigenvalue weighted by atomic mass is 10.0. The molecule has 0 atom stereocenters. The number of aromatic nitrogens is 1. The van der Waals surface area contributed by atoms with Crippen LogP contribution in [0.25, 0.3) is 22.2 Å². The highest BCUT2D eigenvalue weighted by atomic mass is 16.5. The van der Waals surface area contributed by atoms with Crippen molar-refractivity contribution in [1.29, 1.82) is 0 Å². The SMILES string of the molecule is Cc1c(-c2ccccc2)nc2ccccc2c1OC(C)(C)C. The maximum Gasteiger partial charge on any atom is 0.134 e. The zero-order valence-electron chi connectivity index (χ0n) is 13.6. The van der Waals surface area contributed by atoms with Crippen LogP contribution in [0.2, 0.25) is 0 Å². The van der Waals surface area contributed by atoms with Crippen molar-refractivity contribution in [1.82, 2.24) is 4.98 Å². The van der Waals surface area contributed by atoms with E-state index in [2.05, 4.69) is 45.9 Å². The molecule has 0 fully saturated rings. The summed E-state index contributed by atoms with van der Waals surface area (Å²) >= 11 is 0. The second-order valence-corrected chi connectivity index (χ2v) is 6.51. The van der Waals surface area contributed by atoms with E-state index in [1.807, 2.05) is 36.4 Å². The van der Waals surface area contributed by atoms with E-state index >= 15 is 0 Å². The van der Waals surface area contributed by atoms with E-state index in [-0.39, 0.29) is 5.60 Å². The normalized spacial score (nSPS) is 11.6. The van der Waals surface area contributed by atoms with Gasteiger partial charge in [-0.3, -0.25) is 0 Å². The van der Waals surface area contributed by atoms with Crippen molar-refractivity contribution in [3.63, 3.8) is 0 Å². The van der Waals surface area contributed by atoms with Gasteiger partial charge >= 0.3 is 0 Å². The summed E-state index contributed by atoms with van der Waals surface area (Å²) < 4.78 is 6.27. The van der Waals surface area contributed by atoms with Gasteiger partial charge in [0.05, 0.1) is 11.2 Å². The predicted molar refractivity (Wildman–Crippen MR) is 92.3 cm³/mol. The molecule has 2 nitrogen and oxygen atoms in total. The number of hydrogen-bond donors (Lipinski definition) is 0. The van der Waals surface area contributed by atoms with Crippen LogP contribution in [0.1, 0.15) is 26.3 Å². The number of fused-ring (bicyclic) bond motifs is 1. The van der Waals surface area contributed by atoms with Crippen LogP contribution >= 0.6 is 0 Å². The molecule has 112 valence electrons. The lowest BCUT2D eigenvalue weighted by Crippen LogP contribution is -2.23. The third-order valence-electron chi connectivity index (χ3n) is 3.53. The van der Waals surface area contributed by atoms with Crippen molar-refractivity contribution in [2.24, 2.45) is 0 Å². The quantitative estimate of drug-likeness (QED) is 0.631. The summed E-state index contributed by atoms with van der Waals surface area (Å²) in [6, 6.07) is 18.4. The van der Waals surface area contributed by atoms with Gasteiger partial charge in [0.25, 0.3) is 0 Å². The zero-order chi connectivity index (χ0) is 15.7. The van der Waals surface area contributed by atoms with Crippen LogP contribution in [0.4, 0.5) is 0 Å². The van der Waals surface area contributed by atoms with Gasteiger partial charge in [-0.2, -0.15) is 0 Å². The van der Waals surface area contributed by atoms with Gasteiger partial charge in [-0.1, -0.05) is 42.5 Å². The summed E-state index contributed by atoms with van der Waals surface area (Å²) in [6.07, 6.45) is 0. The molecule has 0 saturated heterocycles. The van der Waals surface area contributed by atoms with Crippen molar-refractivity contribution in [3.8, 4) is 17.0 Å². The van der Waals surface area contributed by atoms with E-state index in [0.717, 1.165) is 33.5 Å². The Balaban J connectivity index is 2.29. The first-order chi connectivity index (χ1) is 10.5. The molecule has 0 bridgehead atoms. The van der Waals surface area contributed by atoms with Crippen molar-refractivity contribution in [3.05, 3.63) is 60.2 Å². The highest BCUT2D eigenvalue weighted by molar-refractivity contribution is 5.90. The number of benzene rings is 2. The number of para-hydroxylation sites is 1. The molecule has 3 aromatic rings. The number of ether oxygens (including phenoxy) is 1. The average molecular weight is 291 g/mol. The summed E-state index contributed by atoms with van der Waals surface area (Å²) in [7, 11) is 0. The van der Waals surface area contributed by atoms with Crippen molar-refractivity contribution < 1.29 is 4.74 Å². The minimum atomic E-state index is -0.247. The smallest absolute Gasteiger partial charge is 0.134 e. The van der Waals surface area contributed by atoms with Crippen molar-refractivity contribution in [2.75, 3.05) is 0 Å². The van der Waals surface area contributed by atoms with Crippen LogP contribution in [0.3, 0.4) is 0 Å². The molecular weight excluding hydrogens is 270 g/mol. The van der Waals surface area contributed by atoms with E-state index in [9.17, 15) is 0 Å². The number of nitrogens with zero attached hydrogens (tertiary/aromatic N) is 1. The van der Waals surface area contributed by atoms with Crippen molar-refractivity contribution >= 4 is 10.9 Å². The Morgan fingerprint density at radius 2 is 1.50 bits per heavy atom. The molecule has 0 radical (unpaired) electrons. The predicted octanol–water partition coefficient (Wildman–Crippen LogP) is 5.39. The first kappa shape index (κ1) is 14.6. The lowest BCUT2D eigenvalue weighted by molar-refractivity contribution is 0.132. The van der Waals surface area contributed by atoms with Crippen LogP contribution < -0.4 is 4.74 Å². The second kappa shape index (κ2) is 5.45. The summed E-state index contributed by atoms with van der Waals surface area (Å²) in [6.45, 7) is 8.31. The van der Waals surface area contributed by atoms with Gasteiger partial charge in [-0.15, -0.1) is 0 Å². The molecule has 0 aliphatic rings. The molecule has 3 rings (SSSR count). The van der Waals surface area contributed by atoms with E-state index in [1.54, 1.807) is 0 Å². The van der Waals surface area contributed by atoms with Crippen LogP contribution in [0.5, 0.6) is 5.75 Å². The Hall–Kier alpha value is -2.35. The number of hydrogen-bond acceptors (Lipinski definition) is 2. The monoisotopic (exact) mass is 291 g/mol. The standard InChI is InChI=1S/C20H21NO/c1-14-18(15-10-6-5-7-11-15)21-17-13-9-8-12-16(17)19(14)22-20(2,3)4/h5-13H,1-4H3. The minimum absolute atomic E-state index is 0.247. The fourth-order valence-corrected chi connectivity index (χ4v) is 2.59. The van der Waals surface area contributed by atoms with E-state index in [1.165, 1.54) is 0 Å². The fourth-order valence-electron chi connectivity index (χ4n) is 2.59. The van der Waals surface area contributed by atoms with Crippen LogP contribution in [-0.2, 0) is 0 Å². The van der Waals surface area contributed by atoms with Gasteiger partial charge in [0.2, 0.25) is 0 Å².